The number of rotatable bonds is 3. The molecule has 2 aromatic carbocycles. The molecule has 112 valence electrons. The number of hydrogen-bond donors (Lipinski definition) is 1. The van der Waals surface area contributed by atoms with Crippen LogP contribution in [0.2, 0.25) is 0 Å². The van der Waals surface area contributed by atoms with Gasteiger partial charge in [-0.05, 0) is 23.8 Å². The summed E-state index contributed by atoms with van der Waals surface area (Å²) < 4.78 is 58.8. The summed E-state index contributed by atoms with van der Waals surface area (Å²) in [5.74, 6) is -0.801. The third-order valence-corrected chi connectivity index (χ3v) is 3.18. The molecule has 0 saturated carbocycles. The molecule has 0 bridgehead atoms. The average molecular weight is 300 g/mol. The van der Waals surface area contributed by atoms with Crippen molar-refractivity contribution in [2.45, 2.75) is 11.8 Å². The Morgan fingerprint density at radius 2 is 1.52 bits per heavy atom. The lowest BCUT2D eigenvalue weighted by molar-refractivity contribution is -0.249. The molecule has 1 N–H and O–H groups in total. The van der Waals surface area contributed by atoms with Crippen molar-refractivity contribution in [3.63, 3.8) is 0 Å². The molecule has 0 amide bonds. The van der Waals surface area contributed by atoms with E-state index in [2.05, 4.69) is 0 Å². The van der Waals surface area contributed by atoms with Crippen molar-refractivity contribution in [2.24, 2.45) is 0 Å². The summed E-state index contributed by atoms with van der Waals surface area (Å²) in [6.07, 6.45) is -5.08. The predicted molar refractivity (Wildman–Crippen MR) is 68.4 cm³/mol. The maximum Gasteiger partial charge on any atom is 0.425 e. The summed E-state index contributed by atoms with van der Waals surface area (Å²) in [4.78, 5) is 0. The molecule has 1 unspecified atom stereocenters. The monoisotopic (exact) mass is 300 g/mol. The highest BCUT2D eigenvalue weighted by Crippen LogP contribution is 2.45. The molecule has 0 radical (unpaired) electrons. The number of hydrogen-bond acceptors (Lipinski definition) is 2. The Morgan fingerprint density at radius 3 is 2.00 bits per heavy atom. The molecule has 0 aliphatic rings. The van der Waals surface area contributed by atoms with Crippen LogP contribution in [-0.4, -0.2) is 18.4 Å². The normalized spacial score (nSPS) is 14.6. The van der Waals surface area contributed by atoms with Crippen molar-refractivity contribution < 1.29 is 27.4 Å². The highest BCUT2D eigenvalue weighted by atomic mass is 19.4. The van der Waals surface area contributed by atoms with Gasteiger partial charge >= 0.3 is 6.18 Å². The predicted octanol–water partition coefficient (Wildman–Crippen LogP) is 3.63. The molecule has 0 spiro atoms. The minimum atomic E-state index is -5.08. The first kappa shape index (κ1) is 15.3. The zero-order valence-electron chi connectivity index (χ0n) is 11.0. The summed E-state index contributed by atoms with van der Waals surface area (Å²) in [6, 6.07) is 8.92. The van der Waals surface area contributed by atoms with Crippen molar-refractivity contribution in [3.05, 3.63) is 65.5 Å². The van der Waals surface area contributed by atoms with E-state index in [1.807, 2.05) is 0 Å². The Balaban J connectivity index is 2.65. The second-order valence-electron chi connectivity index (χ2n) is 4.42. The van der Waals surface area contributed by atoms with E-state index in [0.717, 1.165) is 24.3 Å². The molecule has 0 saturated heterocycles. The van der Waals surface area contributed by atoms with E-state index in [4.69, 9.17) is 4.74 Å². The van der Waals surface area contributed by atoms with Crippen LogP contribution in [0.25, 0.3) is 0 Å². The summed E-state index contributed by atoms with van der Waals surface area (Å²) in [6.45, 7) is 0. The smallest absolute Gasteiger partial charge is 0.425 e. The minimum Gasteiger partial charge on any atom is -0.497 e. The van der Waals surface area contributed by atoms with E-state index in [-0.39, 0.29) is 0 Å². The van der Waals surface area contributed by atoms with Crippen molar-refractivity contribution in [1.29, 1.82) is 0 Å². The Bertz CT molecular complexity index is 622. The van der Waals surface area contributed by atoms with E-state index >= 15 is 0 Å². The van der Waals surface area contributed by atoms with Gasteiger partial charge in [-0.1, -0.05) is 30.3 Å². The Morgan fingerprint density at radius 1 is 0.952 bits per heavy atom. The van der Waals surface area contributed by atoms with Crippen LogP contribution < -0.4 is 4.74 Å². The van der Waals surface area contributed by atoms with E-state index in [0.29, 0.717) is 5.75 Å². The van der Waals surface area contributed by atoms with Gasteiger partial charge in [0.2, 0.25) is 5.60 Å². The fourth-order valence-electron chi connectivity index (χ4n) is 2.06. The summed E-state index contributed by atoms with van der Waals surface area (Å²) in [5, 5.41) is 10.2. The summed E-state index contributed by atoms with van der Waals surface area (Å²) >= 11 is 0. The van der Waals surface area contributed by atoms with Crippen LogP contribution in [0.15, 0.2) is 48.5 Å². The zero-order chi connectivity index (χ0) is 15.7. The first-order chi connectivity index (χ1) is 9.80. The molecule has 21 heavy (non-hydrogen) atoms. The molecule has 0 aliphatic heterocycles. The van der Waals surface area contributed by atoms with E-state index in [1.165, 1.54) is 31.4 Å². The van der Waals surface area contributed by atoms with Gasteiger partial charge in [-0.2, -0.15) is 13.2 Å². The Kier molecular flexibility index (Phi) is 3.91. The molecule has 2 nitrogen and oxygen atoms in total. The maximum atomic E-state index is 13.8. The first-order valence-corrected chi connectivity index (χ1v) is 5.99. The fraction of sp³-hybridized carbons (Fsp3) is 0.200. The number of benzene rings is 2. The van der Waals surface area contributed by atoms with Gasteiger partial charge in [0.05, 0.1) is 7.11 Å². The van der Waals surface area contributed by atoms with Crippen molar-refractivity contribution in [3.8, 4) is 5.75 Å². The standard InChI is InChI=1S/C15H12F4O2/c1-21-11-8-6-10(7-9-11)14(20,15(17,18)19)12-4-2-3-5-13(12)16/h2-9,20H,1H3. The Hall–Kier alpha value is -2.08. The van der Waals surface area contributed by atoms with Crippen LogP contribution in [0.3, 0.4) is 0 Å². The van der Waals surface area contributed by atoms with Crippen molar-refractivity contribution in [2.75, 3.05) is 7.11 Å². The molecular weight excluding hydrogens is 288 g/mol. The highest BCUT2D eigenvalue weighted by Gasteiger charge is 2.57. The third-order valence-electron chi connectivity index (χ3n) is 3.18. The molecule has 0 aromatic heterocycles. The van der Waals surface area contributed by atoms with Gasteiger partial charge in [-0.3, -0.25) is 0 Å². The van der Waals surface area contributed by atoms with Gasteiger partial charge in [-0.15, -0.1) is 0 Å². The first-order valence-electron chi connectivity index (χ1n) is 5.99. The molecule has 6 heteroatoms. The summed E-state index contributed by atoms with van der Waals surface area (Å²) in [7, 11) is 1.36. The SMILES string of the molecule is COc1ccc(C(O)(c2ccccc2F)C(F)(F)F)cc1. The molecular formula is C15H12F4O2. The maximum absolute atomic E-state index is 13.8. The lowest BCUT2D eigenvalue weighted by atomic mass is 9.85. The van der Waals surface area contributed by atoms with Gasteiger partial charge in [0.1, 0.15) is 11.6 Å². The number of methoxy groups -OCH3 is 1. The van der Waals surface area contributed by atoms with Gasteiger partial charge in [0, 0.05) is 5.56 Å². The van der Waals surface area contributed by atoms with Crippen LogP contribution in [0.4, 0.5) is 17.6 Å². The largest absolute Gasteiger partial charge is 0.497 e. The summed E-state index contributed by atoms with van der Waals surface area (Å²) in [5.41, 5.74) is -4.76. The number of aliphatic hydroxyl groups is 1. The molecule has 2 rings (SSSR count). The molecule has 0 aliphatic carbocycles. The second kappa shape index (κ2) is 5.37. The molecule has 1 atom stereocenters. The van der Waals surface area contributed by atoms with Crippen molar-refractivity contribution in [1.82, 2.24) is 0 Å². The van der Waals surface area contributed by atoms with Gasteiger partial charge in [0.15, 0.2) is 0 Å². The van der Waals surface area contributed by atoms with E-state index < -0.39 is 28.7 Å². The van der Waals surface area contributed by atoms with Crippen LogP contribution in [0.5, 0.6) is 5.75 Å². The average Bonchev–Trinajstić information content (AvgIpc) is 2.46. The zero-order valence-corrected chi connectivity index (χ0v) is 11.0. The number of alkyl halides is 3. The van der Waals surface area contributed by atoms with Crippen LogP contribution in [-0.2, 0) is 5.60 Å². The second-order valence-corrected chi connectivity index (χ2v) is 4.42. The van der Waals surface area contributed by atoms with Gasteiger partial charge in [0.25, 0.3) is 0 Å². The molecule has 0 fully saturated rings. The van der Waals surface area contributed by atoms with Crippen LogP contribution >= 0.6 is 0 Å². The Labute approximate surface area is 118 Å². The van der Waals surface area contributed by atoms with Crippen LogP contribution in [0, 0.1) is 5.82 Å². The number of ether oxygens (including phenoxy) is 1. The minimum absolute atomic E-state index is 0.330. The number of halogens is 4. The lowest BCUT2D eigenvalue weighted by Crippen LogP contribution is -2.44. The quantitative estimate of drug-likeness (QED) is 0.877. The van der Waals surface area contributed by atoms with Gasteiger partial charge in [-0.25, -0.2) is 4.39 Å². The third kappa shape index (κ3) is 2.58. The molecule has 2 aromatic rings. The van der Waals surface area contributed by atoms with E-state index in [1.54, 1.807) is 0 Å². The van der Waals surface area contributed by atoms with E-state index in [9.17, 15) is 22.7 Å². The van der Waals surface area contributed by atoms with Crippen LogP contribution in [0.1, 0.15) is 11.1 Å². The fourth-order valence-corrected chi connectivity index (χ4v) is 2.06. The van der Waals surface area contributed by atoms with Crippen molar-refractivity contribution >= 4 is 0 Å². The molecule has 0 heterocycles. The highest BCUT2D eigenvalue weighted by molar-refractivity contribution is 5.41. The topological polar surface area (TPSA) is 29.5 Å². The van der Waals surface area contributed by atoms with Gasteiger partial charge < -0.3 is 9.84 Å². The lowest BCUT2D eigenvalue weighted by Gasteiger charge is -2.31.